The van der Waals surface area contributed by atoms with Gasteiger partial charge in [-0.25, -0.2) is 0 Å². The Morgan fingerprint density at radius 3 is 2.31 bits per heavy atom. The predicted molar refractivity (Wildman–Crippen MR) is 63.1 cm³/mol. The van der Waals surface area contributed by atoms with E-state index in [2.05, 4.69) is 24.5 Å². The van der Waals surface area contributed by atoms with Crippen LogP contribution in [0.3, 0.4) is 0 Å². The molecule has 5 heteroatoms. The zero-order valence-electron chi connectivity index (χ0n) is 10.7. The van der Waals surface area contributed by atoms with Crippen LogP contribution in [0.15, 0.2) is 0 Å². The number of rotatable bonds is 9. The Hall–Kier alpha value is -0.650. The summed E-state index contributed by atoms with van der Waals surface area (Å²) in [6.45, 7) is 6.09. The Kier molecular flexibility index (Phi) is 9.18. The second-order valence-electron chi connectivity index (χ2n) is 4.05. The van der Waals surface area contributed by atoms with Crippen molar-refractivity contribution in [1.82, 2.24) is 10.6 Å². The highest BCUT2D eigenvalue weighted by molar-refractivity contribution is 5.76. The van der Waals surface area contributed by atoms with Crippen molar-refractivity contribution in [2.45, 2.75) is 26.6 Å². The third-order valence-electron chi connectivity index (χ3n) is 2.07. The van der Waals surface area contributed by atoms with Crippen LogP contribution in [-0.4, -0.2) is 46.1 Å². The third kappa shape index (κ3) is 8.64. The van der Waals surface area contributed by atoms with Crippen LogP contribution in [0.4, 0.5) is 0 Å². The Balaban J connectivity index is 3.40. The van der Waals surface area contributed by atoms with Crippen molar-refractivity contribution in [2.24, 2.45) is 5.92 Å². The maximum Gasteiger partial charge on any atom is 0.221 e. The van der Waals surface area contributed by atoms with E-state index in [1.54, 1.807) is 14.2 Å². The summed E-state index contributed by atoms with van der Waals surface area (Å²) >= 11 is 0. The average molecular weight is 232 g/mol. The van der Waals surface area contributed by atoms with Gasteiger partial charge in [-0.2, -0.15) is 0 Å². The summed E-state index contributed by atoms with van der Waals surface area (Å²) in [6.07, 6.45) is 0.228. The largest absolute Gasteiger partial charge is 0.356 e. The number of carbonyl (C=O) groups excluding carboxylic acids is 1. The van der Waals surface area contributed by atoms with Gasteiger partial charge in [0.1, 0.15) is 0 Å². The van der Waals surface area contributed by atoms with E-state index in [-0.39, 0.29) is 12.2 Å². The normalized spacial score (nSPS) is 11.1. The lowest BCUT2D eigenvalue weighted by Crippen LogP contribution is -2.34. The molecule has 0 bridgehead atoms. The average Bonchev–Trinajstić information content (AvgIpc) is 2.26. The summed E-state index contributed by atoms with van der Waals surface area (Å²) in [5.74, 6) is 0.566. The molecule has 2 N–H and O–H groups in total. The van der Waals surface area contributed by atoms with Crippen LogP contribution in [0.1, 0.15) is 20.3 Å². The number of nitrogens with one attached hydrogen (secondary N) is 2. The van der Waals surface area contributed by atoms with Crippen molar-refractivity contribution < 1.29 is 14.3 Å². The molecule has 0 fully saturated rings. The zero-order valence-corrected chi connectivity index (χ0v) is 10.7. The van der Waals surface area contributed by atoms with Crippen LogP contribution >= 0.6 is 0 Å². The first-order chi connectivity index (χ1) is 7.60. The van der Waals surface area contributed by atoms with Gasteiger partial charge in [-0.15, -0.1) is 0 Å². The van der Waals surface area contributed by atoms with Crippen LogP contribution in [0, 0.1) is 5.92 Å². The fraction of sp³-hybridized carbons (Fsp3) is 0.909. The fourth-order valence-electron chi connectivity index (χ4n) is 1.09. The molecule has 0 aromatic heterocycles. The minimum atomic E-state index is -0.251. The van der Waals surface area contributed by atoms with Gasteiger partial charge in [-0.05, 0) is 5.92 Å². The Morgan fingerprint density at radius 2 is 1.81 bits per heavy atom. The lowest BCUT2D eigenvalue weighted by molar-refractivity contribution is -0.121. The van der Waals surface area contributed by atoms with Crippen LogP contribution in [-0.2, 0) is 14.3 Å². The highest BCUT2D eigenvalue weighted by Gasteiger charge is 2.05. The van der Waals surface area contributed by atoms with Crippen molar-refractivity contribution in [3.8, 4) is 0 Å². The smallest absolute Gasteiger partial charge is 0.221 e. The van der Waals surface area contributed by atoms with E-state index in [1.165, 1.54) is 0 Å². The highest BCUT2D eigenvalue weighted by atomic mass is 16.7. The van der Waals surface area contributed by atoms with Gasteiger partial charge in [0.25, 0.3) is 0 Å². The molecule has 0 aliphatic heterocycles. The standard InChI is InChI=1S/C11H24N2O3/c1-9(2)7-13-10(14)5-6-12-8-11(15-3)16-4/h9,11-12H,5-8H2,1-4H3,(H,13,14). The molecule has 0 aliphatic rings. The molecular weight excluding hydrogens is 208 g/mol. The Labute approximate surface area is 97.9 Å². The SMILES string of the molecule is COC(CNCCC(=O)NCC(C)C)OC. The molecule has 0 aromatic carbocycles. The summed E-state index contributed by atoms with van der Waals surface area (Å²) in [6, 6.07) is 0. The first kappa shape index (κ1) is 15.3. The number of amides is 1. The van der Waals surface area contributed by atoms with Gasteiger partial charge >= 0.3 is 0 Å². The summed E-state index contributed by atoms with van der Waals surface area (Å²) in [4.78, 5) is 11.3. The minimum Gasteiger partial charge on any atom is -0.356 e. The lowest BCUT2D eigenvalue weighted by atomic mass is 10.2. The van der Waals surface area contributed by atoms with E-state index in [0.29, 0.717) is 25.4 Å². The molecule has 1 amide bonds. The molecule has 0 saturated carbocycles. The van der Waals surface area contributed by atoms with E-state index in [1.807, 2.05) is 0 Å². The van der Waals surface area contributed by atoms with E-state index in [0.717, 1.165) is 6.54 Å². The molecule has 0 radical (unpaired) electrons. The van der Waals surface area contributed by atoms with Crippen molar-refractivity contribution in [2.75, 3.05) is 33.9 Å². The van der Waals surface area contributed by atoms with Gasteiger partial charge in [0.2, 0.25) is 5.91 Å². The van der Waals surface area contributed by atoms with Gasteiger partial charge in [0.05, 0.1) is 0 Å². The summed E-state index contributed by atoms with van der Waals surface area (Å²) in [5.41, 5.74) is 0. The number of hydrogen-bond donors (Lipinski definition) is 2. The van der Waals surface area contributed by atoms with Gasteiger partial charge in [0, 0.05) is 40.3 Å². The van der Waals surface area contributed by atoms with Crippen molar-refractivity contribution in [3.63, 3.8) is 0 Å². The van der Waals surface area contributed by atoms with Gasteiger partial charge in [-0.3, -0.25) is 4.79 Å². The molecule has 0 aromatic rings. The second kappa shape index (κ2) is 9.57. The topological polar surface area (TPSA) is 59.6 Å². The van der Waals surface area contributed by atoms with Crippen molar-refractivity contribution >= 4 is 5.91 Å². The third-order valence-corrected chi connectivity index (χ3v) is 2.07. The molecule has 0 unspecified atom stereocenters. The van der Waals surface area contributed by atoms with E-state index in [9.17, 15) is 4.79 Å². The summed E-state index contributed by atoms with van der Waals surface area (Å²) < 4.78 is 10.0. The van der Waals surface area contributed by atoms with Crippen LogP contribution in [0.25, 0.3) is 0 Å². The van der Waals surface area contributed by atoms with E-state index < -0.39 is 0 Å². The van der Waals surface area contributed by atoms with Crippen LogP contribution in [0.5, 0.6) is 0 Å². The monoisotopic (exact) mass is 232 g/mol. The summed E-state index contributed by atoms with van der Waals surface area (Å²) in [5, 5.41) is 5.95. The number of methoxy groups -OCH3 is 2. The molecule has 0 saturated heterocycles. The van der Waals surface area contributed by atoms with E-state index in [4.69, 9.17) is 9.47 Å². The quantitative estimate of drug-likeness (QED) is 0.445. The number of ether oxygens (including phenoxy) is 2. The van der Waals surface area contributed by atoms with Crippen LogP contribution in [0.2, 0.25) is 0 Å². The Bertz CT molecular complexity index is 182. The highest BCUT2D eigenvalue weighted by Crippen LogP contribution is 1.89. The van der Waals surface area contributed by atoms with Gasteiger partial charge < -0.3 is 20.1 Å². The van der Waals surface area contributed by atoms with Gasteiger partial charge in [0.15, 0.2) is 6.29 Å². The number of hydrogen-bond acceptors (Lipinski definition) is 4. The molecule has 0 rings (SSSR count). The molecule has 96 valence electrons. The second-order valence-corrected chi connectivity index (χ2v) is 4.05. The maximum atomic E-state index is 11.3. The molecule has 0 spiro atoms. The molecule has 0 heterocycles. The van der Waals surface area contributed by atoms with Crippen molar-refractivity contribution in [1.29, 1.82) is 0 Å². The first-order valence-electron chi connectivity index (χ1n) is 5.63. The summed E-state index contributed by atoms with van der Waals surface area (Å²) in [7, 11) is 3.18. The molecule has 16 heavy (non-hydrogen) atoms. The molecule has 0 aliphatic carbocycles. The van der Waals surface area contributed by atoms with Gasteiger partial charge in [-0.1, -0.05) is 13.8 Å². The van der Waals surface area contributed by atoms with E-state index >= 15 is 0 Å². The maximum absolute atomic E-state index is 11.3. The zero-order chi connectivity index (χ0) is 12.4. The fourth-order valence-corrected chi connectivity index (χ4v) is 1.09. The van der Waals surface area contributed by atoms with Crippen molar-refractivity contribution in [3.05, 3.63) is 0 Å². The molecule has 0 atom stereocenters. The van der Waals surface area contributed by atoms with Crippen LogP contribution < -0.4 is 10.6 Å². The first-order valence-corrected chi connectivity index (χ1v) is 5.63. The predicted octanol–water partition coefficient (Wildman–Crippen LogP) is 0.357. The molecular formula is C11H24N2O3. The number of carbonyl (C=O) groups is 1. The Morgan fingerprint density at radius 1 is 1.19 bits per heavy atom. The lowest BCUT2D eigenvalue weighted by Gasteiger charge is -2.14. The molecule has 5 nitrogen and oxygen atoms in total. The minimum absolute atomic E-state index is 0.0765.